The maximum Gasteiger partial charge on any atom is 0.416 e. The van der Waals surface area contributed by atoms with Crippen LogP contribution in [0, 0.1) is 39.4 Å². The number of benzene rings is 2. The summed E-state index contributed by atoms with van der Waals surface area (Å²) in [5, 5.41) is 12.5. The second-order valence-corrected chi connectivity index (χ2v) is 13.6. The number of halogens is 4. The molecule has 0 bridgehead atoms. The number of likely N-dealkylation sites (tertiary alicyclic amines) is 1. The van der Waals surface area contributed by atoms with Gasteiger partial charge >= 0.3 is 12.1 Å². The largest absolute Gasteiger partial charge is 0.481 e. The molecule has 0 radical (unpaired) electrons. The van der Waals surface area contributed by atoms with Crippen LogP contribution >= 0.6 is 0 Å². The van der Waals surface area contributed by atoms with Gasteiger partial charge in [-0.25, -0.2) is 4.39 Å². The molecule has 0 spiro atoms. The summed E-state index contributed by atoms with van der Waals surface area (Å²) in [7, 11) is 1.57. The van der Waals surface area contributed by atoms with Crippen LogP contribution in [-0.4, -0.2) is 59.3 Å². The van der Waals surface area contributed by atoms with Crippen LogP contribution < -0.4 is 10.9 Å². The first kappa shape index (κ1) is 37.8. The number of aromatic nitrogens is 1. The number of carbonyl (C=O) groups is 2. The first-order chi connectivity index (χ1) is 22.9. The lowest BCUT2D eigenvalue weighted by molar-refractivity contribution is -0.139. The number of hydrogen-bond donors (Lipinski definition) is 2. The molecule has 1 aromatic heterocycles. The van der Waals surface area contributed by atoms with Crippen LogP contribution in [0.3, 0.4) is 0 Å². The van der Waals surface area contributed by atoms with Gasteiger partial charge in [0.1, 0.15) is 11.9 Å². The van der Waals surface area contributed by atoms with Gasteiger partial charge < -0.3 is 19.7 Å². The zero-order valence-electron chi connectivity index (χ0n) is 29.0. The van der Waals surface area contributed by atoms with Gasteiger partial charge in [-0.2, -0.15) is 13.2 Å². The number of carboxylic acids is 1. The Morgan fingerprint density at radius 1 is 1.02 bits per heavy atom. The van der Waals surface area contributed by atoms with Crippen molar-refractivity contribution in [3.8, 4) is 11.1 Å². The maximum absolute atomic E-state index is 15.8. The average Bonchev–Trinajstić information content (AvgIpc) is 2.95. The summed E-state index contributed by atoms with van der Waals surface area (Å²) >= 11 is 0. The molecule has 8 nitrogen and oxygen atoms in total. The predicted molar refractivity (Wildman–Crippen MR) is 179 cm³/mol. The molecule has 0 saturated carbocycles. The minimum Gasteiger partial charge on any atom is -0.481 e. The molecule has 1 unspecified atom stereocenters. The Morgan fingerprint density at radius 3 is 2.20 bits per heavy atom. The Balaban J connectivity index is 1.75. The van der Waals surface area contributed by atoms with Gasteiger partial charge in [0.2, 0.25) is 5.91 Å². The predicted octanol–water partition coefficient (Wildman–Crippen LogP) is 6.70. The van der Waals surface area contributed by atoms with E-state index in [1.165, 1.54) is 6.07 Å². The minimum atomic E-state index is -4.80. The van der Waals surface area contributed by atoms with Crippen LogP contribution in [-0.2, 0) is 26.9 Å². The van der Waals surface area contributed by atoms with Crippen molar-refractivity contribution in [2.45, 2.75) is 85.2 Å². The third-order valence-corrected chi connectivity index (χ3v) is 9.08. The van der Waals surface area contributed by atoms with E-state index in [9.17, 15) is 32.7 Å². The van der Waals surface area contributed by atoms with Crippen LogP contribution in [0.5, 0.6) is 0 Å². The second-order valence-electron chi connectivity index (χ2n) is 13.6. The summed E-state index contributed by atoms with van der Waals surface area (Å²) in [6.07, 6.45) is -4.34. The van der Waals surface area contributed by atoms with Crippen molar-refractivity contribution in [1.82, 2.24) is 14.8 Å². The van der Waals surface area contributed by atoms with Crippen LogP contribution in [0.15, 0.2) is 41.3 Å². The standard InChI is InChI=1S/C37H45F4N3O5/c1-20(2)10-31(44-17-25(8-9-43-18-27(19-43)49-7)29(15-32(44)45)37(39,40)41)36(48)42-30(16-33(46)47)28-14-26(13-24(6)35(28)38)34-22(4)11-21(3)12-23(34)5/h11-15,17,20,27,30-31H,8-10,16,18-19H2,1-7H3,(H,42,48)(H,46,47)/t30-,31?/m0/s1. The first-order valence-corrected chi connectivity index (χ1v) is 16.4. The number of nitrogens with one attached hydrogen (secondary N) is 1. The monoisotopic (exact) mass is 687 g/mol. The highest BCUT2D eigenvalue weighted by molar-refractivity contribution is 5.82. The third-order valence-electron chi connectivity index (χ3n) is 9.08. The number of nitrogens with zero attached hydrogens (tertiary/aromatic N) is 2. The number of carboxylic acid groups (broad SMARTS) is 1. The minimum absolute atomic E-state index is 0.00756. The molecular formula is C37H45F4N3O5. The molecule has 12 heteroatoms. The molecule has 2 N–H and O–H groups in total. The number of alkyl halides is 3. The molecule has 4 rings (SSSR count). The molecule has 266 valence electrons. The summed E-state index contributed by atoms with van der Waals surface area (Å²) in [4.78, 5) is 41.3. The number of methoxy groups -OCH3 is 1. The van der Waals surface area contributed by atoms with Crippen molar-refractivity contribution >= 4 is 11.9 Å². The van der Waals surface area contributed by atoms with Crippen LogP contribution in [0.2, 0.25) is 0 Å². The molecule has 1 aliphatic rings. The Bertz CT molecular complexity index is 1740. The highest BCUT2D eigenvalue weighted by Gasteiger charge is 2.36. The lowest BCUT2D eigenvalue weighted by Gasteiger charge is -2.38. The fourth-order valence-electron chi connectivity index (χ4n) is 6.74. The van der Waals surface area contributed by atoms with Crippen molar-refractivity contribution < 1.29 is 37.0 Å². The van der Waals surface area contributed by atoms with Crippen LogP contribution in [0.25, 0.3) is 11.1 Å². The van der Waals surface area contributed by atoms with E-state index < -0.39 is 53.5 Å². The van der Waals surface area contributed by atoms with Gasteiger partial charge in [-0.05, 0) is 92.0 Å². The zero-order valence-corrected chi connectivity index (χ0v) is 29.0. The van der Waals surface area contributed by atoms with Crippen molar-refractivity contribution in [1.29, 1.82) is 0 Å². The number of hydrogen-bond acceptors (Lipinski definition) is 5. The summed E-state index contributed by atoms with van der Waals surface area (Å²) in [6, 6.07) is 5.06. The van der Waals surface area contributed by atoms with E-state index in [1.54, 1.807) is 33.9 Å². The summed E-state index contributed by atoms with van der Waals surface area (Å²) in [5.41, 5.74) is 2.40. The van der Waals surface area contributed by atoms with Gasteiger partial charge in [0, 0.05) is 44.6 Å². The highest BCUT2D eigenvalue weighted by atomic mass is 19.4. The van der Waals surface area contributed by atoms with Gasteiger partial charge in [0.25, 0.3) is 5.56 Å². The van der Waals surface area contributed by atoms with E-state index in [4.69, 9.17) is 4.74 Å². The molecule has 1 fully saturated rings. The number of carbonyl (C=O) groups excluding carboxylic acids is 1. The normalized spacial score (nSPS) is 15.3. The van der Waals surface area contributed by atoms with Gasteiger partial charge in [-0.15, -0.1) is 0 Å². The smallest absolute Gasteiger partial charge is 0.416 e. The lowest BCUT2D eigenvalue weighted by atomic mass is 9.89. The molecule has 1 amide bonds. The Kier molecular flexibility index (Phi) is 11.8. The fraction of sp³-hybridized carbons (Fsp3) is 0.486. The second kappa shape index (κ2) is 15.2. The Morgan fingerprint density at radius 2 is 1.65 bits per heavy atom. The van der Waals surface area contributed by atoms with E-state index in [0.29, 0.717) is 24.7 Å². The molecule has 1 aliphatic heterocycles. The number of aliphatic carboxylic acids is 1. The molecule has 1 saturated heterocycles. The SMILES string of the molecule is COC1CN(CCc2cn(C(CC(C)C)C(=O)N[C@@H](CC(=O)O)c3cc(-c4c(C)cc(C)cc4C)cc(C)c3F)c(=O)cc2C(F)(F)F)C1. The molecular weight excluding hydrogens is 642 g/mol. The van der Waals surface area contributed by atoms with E-state index in [0.717, 1.165) is 33.0 Å². The quantitative estimate of drug-likeness (QED) is 0.194. The van der Waals surface area contributed by atoms with E-state index >= 15 is 4.39 Å². The topological polar surface area (TPSA) is 101 Å². The van der Waals surface area contributed by atoms with E-state index in [2.05, 4.69) is 5.32 Å². The van der Waals surface area contributed by atoms with Crippen LogP contribution in [0.1, 0.15) is 77.7 Å². The number of ether oxygens (including phenoxy) is 1. The van der Waals surface area contributed by atoms with Gasteiger partial charge in [0.05, 0.1) is 24.1 Å². The number of pyridine rings is 1. The average molecular weight is 688 g/mol. The highest BCUT2D eigenvalue weighted by Crippen LogP contribution is 2.35. The Hall–Kier alpha value is -4.03. The number of amides is 1. The number of rotatable bonds is 13. The molecule has 2 heterocycles. The van der Waals surface area contributed by atoms with Crippen molar-refractivity contribution in [2.75, 3.05) is 26.7 Å². The molecule has 49 heavy (non-hydrogen) atoms. The molecule has 2 aromatic carbocycles. The fourth-order valence-corrected chi connectivity index (χ4v) is 6.74. The van der Waals surface area contributed by atoms with Crippen LogP contribution in [0.4, 0.5) is 17.6 Å². The molecule has 0 aliphatic carbocycles. The summed E-state index contributed by atoms with van der Waals surface area (Å²) < 4.78 is 64.3. The van der Waals surface area contributed by atoms with Crippen molar-refractivity contribution in [2.24, 2.45) is 5.92 Å². The summed E-state index contributed by atoms with van der Waals surface area (Å²) in [5.74, 6) is -2.97. The number of aryl methyl sites for hydroxylation is 4. The van der Waals surface area contributed by atoms with Gasteiger partial charge in [0.15, 0.2) is 0 Å². The molecule has 3 aromatic rings. The van der Waals surface area contributed by atoms with E-state index in [1.807, 2.05) is 37.8 Å². The first-order valence-electron chi connectivity index (χ1n) is 16.4. The third kappa shape index (κ3) is 8.96. The van der Waals surface area contributed by atoms with Gasteiger partial charge in [-0.3, -0.25) is 19.3 Å². The lowest BCUT2D eigenvalue weighted by Crippen LogP contribution is -2.52. The maximum atomic E-state index is 15.8. The van der Waals surface area contributed by atoms with E-state index in [-0.39, 0.29) is 48.1 Å². The summed E-state index contributed by atoms with van der Waals surface area (Å²) in [6.45, 7) is 12.4. The van der Waals surface area contributed by atoms with Gasteiger partial charge in [-0.1, -0.05) is 31.5 Å². The molecule has 2 atom stereocenters. The Labute approximate surface area is 284 Å². The zero-order chi connectivity index (χ0) is 36.4. The van der Waals surface area contributed by atoms with Crippen molar-refractivity contribution in [3.63, 3.8) is 0 Å². The van der Waals surface area contributed by atoms with Crippen molar-refractivity contribution in [3.05, 3.63) is 91.6 Å².